The molecule has 0 aromatic heterocycles. The monoisotopic (exact) mass is 409 g/mol. The molecule has 0 saturated carbocycles. The van der Waals surface area contributed by atoms with Crippen LogP contribution in [0.2, 0.25) is 0 Å². The quantitative estimate of drug-likeness (QED) is 0.775. The van der Waals surface area contributed by atoms with Crippen LogP contribution in [0.3, 0.4) is 0 Å². The van der Waals surface area contributed by atoms with E-state index in [4.69, 9.17) is 5.73 Å². The van der Waals surface area contributed by atoms with E-state index in [1.807, 2.05) is 19.1 Å². The number of benzene rings is 2. The van der Waals surface area contributed by atoms with Gasteiger partial charge in [0.05, 0.1) is 17.9 Å². The Bertz CT molecular complexity index is 1050. The van der Waals surface area contributed by atoms with E-state index < -0.39 is 53.4 Å². The number of nitrogens with zero attached hydrogens (tertiary/aromatic N) is 2. The Hall–Kier alpha value is -3.55. The van der Waals surface area contributed by atoms with Crippen molar-refractivity contribution in [3.8, 4) is 0 Å². The number of nitrogens with two attached hydrogens (primary N) is 1. The molecule has 2 saturated heterocycles. The van der Waals surface area contributed by atoms with E-state index in [0.29, 0.717) is 5.56 Å². The molecule has 2 fully saturated rings. The van der Waals surface area contributed by atoms with Crippen molar-refractivity contribution in [2.24, 2.45) is 17.6 Å². The lowest BCUT2D eigenvalue weighted by atomic mass is 9.86. The summed E-state index contributed by atoms with van der Waals surface area (Å²) in [5.74, 6) is -4.97. The third-order valence-electron chi connectivity index (χ3n) is 5.93. The molecule has 4 unspecified atom stereocenters. The maximum Gasteiger partial charge on any atom is 0.255 e. The van der Waals surface area contributed by atoms with Crippen molar-refractivity contribution in [3.63, 3.8) is 0 Å². The normalized spacial score (nSPS) is 25.6. The molecule has 2 aromatic rings. The second kappa shape index (κ2) is 7.05. The summed E-state index contributed by atoms with van der Waals surface area (Å²) in [4.78, 5) is 53.8. The van der Waals surface area contributed by atoms with Crippen LogP contribution in [-0.2, 0) is 14.4 Å². The summed E-state index contributed by atoms with van der Waals surface area (Å²) >= 11 is 0. The van der Waals surface area contributed by atoms with Gasteiger partial charge in [-0.3, -0.25) is 24.1 Å². The van der Waals surface area contributed by atoms with Crippen LogP contribution in [0.5, 0.6) is 0 Å². The molecule has 0 aliphatic carbocycles. The molecule has 2 aliphatic rings. The molecule has 0 spiro atoms. The van der Waals surface area contributed by atoms with Gasteiger partial charge in [-0.2, -0.15) is 0 Å². The number of rotatable bonds is 3. The highest BCUT2D eigenvalue weighted by molar-refractivity contribution is 6.10. The number of amides is 4. The molecule has 2 aromatic carbocycles. The Morgan fingerprint density at radius 3 is 2.07 bits per heavy atom. The minimum absolute atomic E-state index is 0.132. The number of halogens is 1. The summed E-state index contributed by atoms with van der Waals surface area (Å²) in [7, 11) is 1.36. The van der Waals surface area contributed by atoms with Gasteiger partial charge in [0.2, 0.25) is 17.7 Å². The van der Waals surface area contributed by atoms with Crippen LogP contribution in [0, 0.1) is 24.6 Å². The number of fused-ring (bicyclic) bond motifs is 1. The molecule has 0 bridgehead atoms. The summed E-state index contributed by atoms with van der Waals surface area (Å²) in [6, 6.07) is 9.90. The van der Waals surface area contributed by atoms with Crippen molar-refractivity contribution in [1.82, 2.24) is 9.80 Å². The minimum atomic E-state index is -1.29. The molecule has 0 radical (unpaired) electrons. The summed E-state index contributed by atoms with van der Waals surface area (Å²) in [6.45, 7) is 1.90. The molecule has 4 atom stereocenters. The molecule has 8 heteroatoms. The average Bonchev–Trinajstić information content (AvgIpc) is 3.18. The fourth-order valence-electron chi connectivity index (χ4n) is 4.48. The largest absolute Gasteiger partial charge is 0.368 e. The van der Waals surface area contributed by atoms with Gasteiger partial charge in [-0.15, -0.1) is 0 Å². The van der Waals surface area contributed by atoms with Gasteiger partial charge < -0.3 is 10.6 Å². The van der Waals surface area contributed by atoms with Gasteiger partial charge in [-0.05, 0) is 36.8 Å². The van der Waals surface area contributed by atoms with Crippen LogP contribution in [0.4, 0.5) is 4.39 Å². The van der Waals surface area contributed by atoms with Gasteiger partial charge in [0.15, 0.2) is 0 Å². The minimum Gasteiger partial charge on any atom is -0.368 e. The van der Waals surface area contributed by atoms with Gasteiger partial charge >= 0.3 is 0 Å². The molecule has 2 heterocycles. The molecular weight excluding hydrogens is 389 g/mol. The van der Waals surface area contributed by atoms with Crippen LogP contribution in [0.15, 0.2) is 48.5 Å². The predicted molar refractivity (Wildman–Crippen MR) is 104 cm³/mol. The van der Waals surface area contributed by atoms with Gasteiger partial charge in [0.1, 0.15) is 11.9 Å². The molecule has 7 nitrogen and oxygen atoms in total. The Balaban J connectivity index is 1.89. The zero-order chi connectivity index (χ0) is 21.7. The van der Waals surface area contributed by atoms with E-state index >= 15 is 0 Å². The molecule has 2 N–H and O–H groups in total. The van der Waals surface area contributed by atoms with E-state index in [1.54, 1.807) is 12.1 Å². The third kappa shape index (κ3) is 2.87. The lowest BCUT2D eigenvalue weighted by Crippen LogP contribution is -2.50. The Labute approximate surface area is 172 Å². The summed E-state index contributed by atoms with van der Waals surface area (Å²) in [5, 5.41) is 0. The Morgan fingerprint density at radius 1 is 0.933 bits per heavy atom. The van der Waals surface area contributed by atoms with E-state index in [-0.39, 0.29) is 5.56 Å². The number of carbonyl (C=O) groups is 4. The van der Waals surface area contributed by atoms with E-state index in [1.165, 1.54) is 24.1 Å². The predicted octanol–water partition coefficient (Wildman–Crippen LogP) is 1.42. The summed E-state index contributed by atoms with van der Waals surface area (Å²) in [5.41, 5.74) is 7.35. The maximum absolute atomic E-state index is 13.4. The van der Waals surface area contributed by atoms with Gasteiger partial charge in [-0.1, -0.05) is 29.8 Å². The topological polar surface area (TPSA) is 101 Å². The van der Waals surface area contributed by atoms with Gasteiger partial charge in [-0.25, -0.2) is 4.39 Å². The number of imide groups is 1. The lowest BCUT2D eigenvalue weighted by molar-refractivity contribution is -0.141. The van der Waals surface area contributed by atoms with Crippen molar-refractivity contribution in [1.29, 1.82) is 0 Å². The zero-order valence-electron chi connectivity index (χ0n) is 16.4. The average molecular weight is 409 g/mol. The van der Waals surface area contributed by atoms with Crippen molar-refractivity contribution in [2.45, 2.75) is 19.0 Å². The van der Waals surface area contributed by atoms with Gasteiger partial charge in [0, 0.05) is 12.6 Å². The highest BCUT2D eigenvalue weighted by Crippen LogP contribution is 2.50. The van der Waals surface area contributed by atoms with Crippen LogP contribution in [0.25, 0.3) is 0 Å². The molecule has 30 heavy (non-hydrogen) atoms. The molecule has 2 aliphatic heterocycles. The summed E-state index contributed by atoms with van der Waals surface area (Å²) in [6.07, 6.45) is 0. The zero-order valence-corrected chi connectivity index (χ0v) is 16.4. The number of primary amides is 1. The number of hydrogen-bond donors (Lipinski definition) is 1. The van der Waals surface area contributed by atoms with Crippen molar-refractivity contribution < 1.29 is 23.6 Å². The first kappa shape index (κ1) is 19.8. The molecule has 4 rings (SSSR count). The highest BCUT2D eigenvalue weighted by Gasteiger charge is 2.64. The van der Waals surface area contributed by atoms with Crippen LogP contribution in [0.1, 0.15) is 27.5 Å². The number of carbonyl (C=O) groups excluding carboxylic acids is 4. The molecular formula is C22H20FN3O4. The van der Waals surface area contributed by atoms with E-state index in [0.717, 1.165) is 22.6 Å². The first-order valence-electron chi connectivity index (χ1n) is 9.48. The summed E-state index contributed by atoms with van der Waals surface area (Å²) < 4.78 is 13.4. The fourth-order valence-corrected chi connectivity index (χ4v) is 4.48. The first-order valence-corrected chi connectivity index (χ1v) is 9.48. The molecule has 4 amide bonds. The second-order valence-corrected chi connectivity index (χ2v) is 7.71. The molecule has 154 valence electrons. The SMILES string of the molecule is Cc1ccc(C2C3C(=O)N(C)C(=O)C3C(C(N)=O)N2C(=O)c2ccc(F)cc2)cc1. The van der Waals surface area contributed by atoms with Crippen LogP contribution in [-0.4, -0.2) is 46.5 Å². The standard InChI is InChI=1S/C22H20FN3O4/c1-11-3-5-12(6-4-11)17-15-16(22(30)25(2)21(15)29)18(19(24)27)26(17)20(28)13-7-9-14(23)10-8-13/h3-10,15-18H,1-2H3,(H2,24,27). The van der Waals surface area contributed by atoms with Crippen molar-refractivity contribution >= 4 is 23.6 Å². The van der Waals surface area contributed by atoms with Crippen LogP contribution < -0.4 is 5.73 Å². The fraction of sp³-hybridized carbons (Fsp3) is 0.273. The highest BCUT2D eigenvalue weighted by atomic mass is 19.1. The lowest BCUT2D eigenvalue weighted by Gasteiger charge is -2.32. The smallest absolute Gasteiger partial charge is 0.255 e. The van der Waals surface area contributed by atoms with E-state index in [9.17, 15) is 23.6 Å². The van der Waals surface area contributed by atoms with Crippen molar-refractivity contribution in [2.75, 3.05) is 7.05 Å². The number of likely N-dealkylation sites (tertiary alicyclic amines) is 2. The van der Waals surface area contributed by atoms with Crippen molar-refractivity contribution in [3.05, 3.63) is 71.0 Å². The number of hydrogen-bond acceptors (Lipinski definition) is 4. The maximum atomic E-state index is 13.4. The van der Waals surface area contributed by atoms with E-state index in [2.05, 4.69) is 0 Å². The second-order valence-electron chi connectivity index (χ2n) is 7.71. The Kier molecular flexibility index (Phi) is 4.64. The van der Waals surface area contributed by atoms with Crippen LogP contribution >= 0.6 is 0 Å². The third-order valence-corrected chi connectivity index (χ3v) is 5.93. The first-order chi connectivity index (χ1) is 14.2. The van der Waals surface area contributed by atoms with Gasteiger partial charge in [0.25, 0.3) is 5.91 Å². The Morgan fingerprint density at radius 2 is 1.50 bits per heavy atom. The number of aryl methyl sites for hydroxylation is 1.